The number of nitrogens with one attached hydrogen (secondary N) is 1. The summed E-state index contributed by atoms with van der Waals surface area (Å²) >= 11 is 0. The molecule has 1 fully saturated rings. The first-order chi connectivity index (χ1) is 9.79. The third-order valence-electron chi connectivity index (χ3n) is 4.41. The van der Waals surface area contributed by atoms with E-state index >= 15 is 0 Å². The van der Waals surface area contributed by atoms with Crippen LogP contribution >= 0.6 is 0 Å². The average Bonchev–Trinajstić information content (AvgIpc) is 2.53. The van der Waals surface area contributed by atoms with Crippen molar-refractivity contribution in [1.82, 2.24) is 4.90 Å². The predicted octanol–water partition coefficient (Wildman–Crippen LogP) is 2.22. The molecule has 0 aromatic heterocycles. The SMILES string of the molecule is COC1CCCN(C(=O)C2CCNc3ccccc32)C1. The number of hydrogen-bond acceptors (Lipinski definition) is 3. The molecule has 2 aliphatic heterocycles. The van der Waals surface area contributed by atoms with Gasteiger partial charge in [-0.05, 0) is 30.9 Å². The second-order valence-electron chi connectivity index (χ2n) is 5.64. The van der Waals surface area contributed by atoms with Crippen molar-refractivity contribution in [3.8, 4) is 0 Å². The second kappa shape index (κ2) is 5.83. The molecule has 4 nitrogen and oxygen atoms in total. The van der Waals surface area contributed by atoms with Gasteiger partial charge in [-0.2, -0.15) is 0 Å². The van der Waals surface area contributed by atoms with Crippen molar-refractivity contribution in [3.05, 3.63) is 29.8 Å². The fourth-order valence-electron chi connectivity index (χ4n) is 3.28. The van der Waals surface area contributed by atoms with E-state index in [-0.39, 0.29) is 17.9 Å². The molecule has 3 rings (SSSR count). The molecule has 20 heavy (non-hydrogen) atoms. The molecule has 1 N–H and O–H groups in total. The van der Waals surface area contributed by atoms with Gasteiger partial charge in [-0.1, -0.05) is 18.2 Å². The molecule has 0 aliphatic carbocycles. The molecule has 2 unspecified atom stereocenters. The summed E-state index contributed by atoms with van der Waals surface area (Å²) in [5, 5.41) is 3.37. The highest BCUT2D eigenvalue weighted by atomic mass is 16.5. The van der Waals surface area contributed by atoms with Crippen LogP contribution in [0.1, 0.15) is 30.7 Å². The molecule has 4 heteroatoms. The van der Waals surface area contributed by atoms with Crippen molar-refractivity contribution in [3.63, 3.8) is 0 Å². The zero-order valence-electron chi connectivity index (χ0n) is 12.0. The standard InChI is InChI=1S/C16H22N2O2/c1-20-12-5-4-10-18(11-12)16(19)14-8-9-17-15-7-3-2-6-13(14)15/h2-3,6-7,12,14,17H,4-5,8-11H2,1H3. The number of para-hydroxylation sites is 1. The quantitative estimate of drug-likeness (QED) is 0.899. The number of benzene rings is 1. The predicted molar refractivity (Wildman–Crippen MR) is 78.9 cm³/mol. The molecule has 0 radical (unpaired) electrons. The van der Waals surface area contributed by atoms with E-state index in [0.29, 0.717) is 0 Å². The van der Waals surface area contributed by atoms with Crippen LogP contribution in [0.25, 0.3) is 0 Å². The van der Waals surface area contributed by atoms with Gasteiger partial charge >= 0.3 is 0 Å². The minimum Gasteiger partial charge on any atom is -0.385 e. The fraction of sp³-hybridized carbons (Fsp3) is 0.562. The highest BCUT2D eigenvalue weighted by Gasteiger charge is 2.32. The Morgan fingerprint density at radius 1 is 1.35 bits per heavy atom. The maximum atomic E-state index is 12.8. The Morgan fingerprint density at radius 2 is 2.20 bits per heavy atom. The largest absolute Gasteiger partial charge is 0.385 e. The number of anilines is 1. The molecular weight excluding hydrogens is 252 g/mol. The Kier molecular flexibility index (Phi) is 3.92. The summed E-state index contributed by atoms with van der Waals surface area (Å²) in [4.78, 5) is 14.8. The van der Waals surface area contributed by atoms with E-state index in [1.54, 1.807) is 7.11 Å². The molecule has 0 spiro atoms. The van der Waals surface area contributed by atoms with E-state index in [9.17, 15) is 4.79 Å². The van der Waals surface area contributed by atoms with Gasteiger partial charge in [0.1, 0.15) is 0 Å². The van der Waals surface area contributed by atoms with Crippen LogP contribution in [0.4, 0.5) is 5.69 Å². The van der Waals surface area contributed by atoms with Gasteiger partial charge in [0.05, 0.1) is 12.0 Å². The third kappa shape index (κ3) is 2.52. The van der Waals surface area contributed by atoms with E-state index in [1.165, 1.54) is 0 Å². The summed E-state index contributed by atoms with van der Waals surface area (Å²) in [6.45, 7) is 2.47. The molecular formula is C16H22N2O2. The Hall–Kier alpha value is -1.55. The molecule has 108 valence electrons. The lowest BCUT2D eigenvalue weighted by atomic mass is 9.89. The number of ether oxygens (including phenoxy) is 1. The number of amides is 1. The minimum atomic E-state index is 0.00283. The van der Waals surface area contributed by atoms with Crippen LogP contribution in [0, 0.1) is 0 Å². The second-order valence-corrected chi connectivity index (χ2v) is 5.64. The number of methoxy groups -OCH3 is 1. The van der Waals surface area contributed by atoms with Crippen molar-refractivity contribution in [2.45, 2.75) is 31.3 Å². The van der Waals surface area contributed by atoms with E-state index < -0.39 is 0 Å². The summed E-state index contributed by atoms with van der Waals surface area (Å²) in [5.74, 6) is 0.267. The topological polar surface area (TPSA) is 41.6 Å². The summed E-state index contributed by atoms with van der Waals surface area (Å²) < 4.78 is 5.42. The third-order valence-corrected chi connectivity index (χ3v) is 4.41. The number of carbonyl (C=O) groups is 1. The van der Waals surface area contributed by atoms with Crippen LogP contribution < -0.4 is 5.32 Å². The van der Waals surface area contributed by atoms with Crippen LogP contribution in [0.5, 0.6) is 0 Å². The lowest BCUT2D eigenvalue weighted by Gasteiger charge is -2.36. The zero-order valence-corrected chi connectivity index (χ0v) is 12.0. The first-order valence-electron chi connectivity index (χ1n) is 7.44. The number of nitrogens with zero attached hydrogens (tertiary/aromatic N) is 1. The van der Waals surface area contributed by atoms with Gasteiger partial charge in [-0.3, -0.25) is 4.79 Å². The summed E-state index contributed by atoms with van der Waals surface area (Å²) in [6.07, 6.45) is 3.17. The smallest absolute Gasteiger partial charge is 0.230 e. The van der Waals surface area contributed by atoms with Crippen molar-refractivity contribution in [2.75, 3.05) is 32.1 Å². The number of hydrogen-bond donors (Lipinski definition) is 1. The number of piperidine rings is 1. The van der Waals surface area contributed by atoms with E-state index in [0.717, 1.165) is 50.1 Å². The maximum absolute atomic E-state index is 12.8. The molecule has 2 aliphatic rings. The summed E-state index contributed by atoms with van der Waals surface area (Å²) in [6, 6.07) is 8.16. The lowest BCUT2D eigenvalue weighted by molar-refractivity contribution is -0.136. The van der Waals surface area contributed by atoms with Gasteiger partial charge in [0.15, 0.2) is 0 Å². The van der Waals surface area contributed by atoms with Gasteiger partial charge in [0.25, 0.3) is 0 Å². The van der Waals surface area contributed by atoms with Crippen LogP contribution in [0.3, 0.4) is 0 Å². The maximum Gasteiger partial charge on any atom is 0.230 e. The molecule has 1 saturated heterocycles. The van der Waals surface area contributed by atoms with Crippen LogP contribution in [-0.4, -0.2) is 43.7 Å². The molecule has 0 bridgehead atoms. The highest BCUT2D eigenvalue weighted by Crippen LogP contribution is 2.33. The number of carbonyl (C=O) groups excluding carboxylic acids is 1. The van der Waals surface area contributed by atoms with Crippen molar-refractivity contribution < 1.29 is 9.53 Å². The molecule has 0 saturated carbocycles. The first kappa shape index (κ1) is 13.4. The van der Waals surface area contributed by atoms with Crippen LogP contribution in [-0.2, 0) is 9.53 Å². The Bertz CT molecular complexity index is 489. The molecule has 1 aromatic rings. The lowest BCUT2D eigenvalue weighted by Crippen LogP contribution is -2.45. The molecule has 1 amide bonds. The zero-order chi connectivity index (χ0) is 13.9. The van der Waals surface area contributed by atoms with Crippen molar-refractivity contribution in [1.29, 1.82) is 0 Å². The Balaban J connectivity index is 1.78. The van der Waals surface area contributed by atoms with Crippen molar-refractivity contribution >= 4 is 11.6 Å². The minimum absolute atomic E-state index is 0.00283. The monoisotopic (exact) mass is 274 g/mol. The van der Waals surface area contributed by atoms with E-state index in [4.69, 9.17) is 4.74 Å². The Labute approximate surface area is 120 Å². The number of fused-ring (bicyclic) bond motifs is 1. The summed E-state index contributed by atoms with van der Waals surface area (Å²) in [7, 11) is 1.73. The normalized spacial score (nSPS) is 25.8. The van der Waals surface area contributed by atoms with Gasteiger partial charge in [-0.25, -0.2) is 0 Å². The fourth-order valence-corrected chi connectivity index (χ4v) is 3.28. The van der Waals surface area contributed by atoms with Crippen LogP contribution in [0.2, 0.25) is 0 Å². The summed E-state index contributed by atoms with van der Waals surface area (Å²) in [5.41, 5.74) is 2.25. The van der Waals surface area contributed by atoms with Gasteiger partial charge in [-0.15, -0.1) is 0 Å². The first-order valence-corrected chi connectivity index (χ1v) is 7.44. The number of likely N-dealkylation sites (tertiary alicyclic amines) is 1. The molecule has 1 aromatic carbocycles. The van der Waals surface area contributed by atoms with E-state index in [2.05, 4.69) is 17.4 Å². The van der Waals surface area contributed by atoms with E-state index in [1.807, 2.05) is 17.0 Å². The van der Waals surface area contributed by atoms with Crippen LogP contribution in [0.15, 0.2) is 24.3 Å². The van der Waals surface area contributed by atoms with Gasteiger partial charge in [0, 0.05) is 32.4 Å². The van der Waals surface area contributed by atoms with Gasteiger partial charge in [0.2, 0.25) is 5.91 Å². The van der Waals surface area contributed by atoms with Gasteiger partial charge < -0.3 is 15.0 Å². The Morgan fingerprint density at radius 3 is 3.05 bits per heavy atom. The molecule has 2 heterocycles. The highest BCUT2D eigenvalue weighted by molar-refractivity contribution is 5.86. The molecule has 2 atom stereocenters. The van der Waals surface area contributed by atoms with Crippen molar-refractivity contribution in [2.24, 2.45) is 0 Å². The number of rotatable bonds is 2. The average molecular weight is 274 g/mol.